The lowest BCUT2D eigenvalue weighted by molar-refractivity contribution is 0.219. The molecule has 0 amide bonds. The van der Waals surface area contributed by atoms with Crippen LogP contribution in [0.15, 0.2) is 48.5 Å². The van der Waals surface area contributed by atoms with Gasteiger partial charge in [-0.1, -0.05) is 24.3 Å². The molecule has 2 rings (SSSR count). The number of hydrogen-bond acceptors (Lipinski definition) is 3. The van der Waals surface area contributed by atoms with E-state index in [0.717, 1.165) is 11.3 Å². The Morgan fingerprint density at radius 1 is 1.05 bits per heavy atom. The second kappa shape index (κ2) is 6.23. The molecule has 0 bridgehead atoms. The molecule has 0 saturated carbocycles. The van der Waals surface area contributed by atoms with E-state index < -0.39 is 6.10 Å². The second-order valence-corrected chi connectivity index (χ2v) is 4.88. The summed E-state index contributed by atoms with van der Waals surface area (Å²) in [5.74, 6) is 0.779. The number of rotatable bonds is 4. The van der Waals surface area contributed by atoms with E-state index in [4.69, 9.17) is 10.00 Å². The van der Waals surface area contributed by atoms with Crippen molar-refractivity contribution < 1.29 is 9.84 Å². The van der Waals surface area contributed by atoms with Crippen molar-refractivity contribution in [2.24, 2.45) is 0 Å². The molecule has 0 aliphatic carbocycles. The standard InChI is InChI=1S/C17H17NO2/c1-12(2)20-16-8-6-14(7-9-16)17(19)15-5-3-4-13(10-15)11-18/h3-10,12,17,19H,1-2H3. The zero-order chi connectivity index (χ0) is 14.5. The van der Waals surface area contributed by atoms with Gasteiger partial charge in [0.15, 0.2) is 0 Å². The smallest absolute Gasteiger partial charge is 0.119 e. The van der Waals surface area contributed by atoms with Crippen LogP contribution in [-0.2, 0) is 0 Å². The van der Waals surface area contributed by atoms with E-state index in [-0.39, 0.29) is 6.10 Å². The predicted molar refractivity (Wildman–Crippen MR) is 77.4 cm³/mol. The Morgan fingerprint density at radius 2 is 1.75 bits per heavy atom. The Labute approximate surface area is 119 Å². The van der Waals surface area contributed by atoms with Gasteiger partial charge in [0.25, 0.3) is 0 Å². The van der Waals surface area contributed by atoms with E-state index in [1.807, 2.05) is 44.2 Å². The molecule has 1 atom stereocenters. The third-order valence-corrected chi connectivity index (χ3v) is 2.90. The van der Waals surface area contributed by atoms with Gasteiger partial charge in [-0.15, -0.1) is 0 Å². The third-order valence-electron chi connectivity index (χ3n) is 2.90. The normalized spacial score (nSPS) is 11.9. The summed E-state index contributed by atoms with van der Waals surface area (Å²) in [4.78, 5) is 0. The van der Waals surface area contributed by atoms with Gasteiger partial charge in [-0.05, 0) is 49.2 Å². The molecule has 0 fully saturated rings. The largest absolute Gasteiger partial charge is 0.491 e. The van der Waals surface area contributed by atoms with Gasteiger partial charge in [-0.25, -0.2) is 0 Å². The molecule has 3 heteroatoms. The lowest BCUT2D eigenvalue weighted by atomic mass is 10.00. The summed E-state index contributed by atoms with van der Waals surface area (Å²) < 4.78 is 5.57. The van der Waals surface area contributed by atoms with Gasteiger partial charge in [0.2, 0.25) is 0 Å². The first-order valence-corrected chi connectivity index (χ1v) is 6.55. The monoisotopic (exact) mass is 267 g/mol. The highest BCUT2D eigenvalue weighted by Gasteiger charge is 2.11. The van der Waals surface area contributed by atoms with Crippen molar-refractivity contribution in [1.29, 1.82) is 5.26 Å². The van der Waals surface area contributed by atoms with Crippen molar-refractivity contribution in [2.45, 2.75) is 26.1 Å². The number of nitriles is 1. The van der Waals surface area contributed by atoms with Gasteiger partial charge in [0.05, 0.1) is 17.7 Å². The average molecular weight is 267 g/mol. The number of aliphatic hydroxyl groups is 1. The summed E-state index contributed by atoms with van der Waals surface area (Å²) in [5, 5.41) is 19.2. The van der Waals surface area contributed by atoms with Gasteiger partial charge in [0, 0.05) is 0 Å². The zero-order valence-corrected chi connectivity index (χ0v) is 11.6. The molecule has 0 aliphatic rings. The summed E-state index contributed by atoms with van der Waals surface area (Å²) in [6, 6.07) is 16.4. The molecule has 0 aliphatic heterocycles. The van der Waals surface area contributed by atoms with E-state index in [1.165, 1.54) is 0 Å². The fourth-order valence-corrected chi connectivity index (χ4v) is 1.97. The first-order chi connectivity index (χ1) is 9.60. The van der Waals surface area contributed by atoms with Gasteiger partial charge in [0.1, 0.15) is 11.9 Å². The summed E-state index contributed by atoms with van der Waals surface area (Å²) in [5.41, 5.74) is 2.03. The maximum Gasteiger partial charge on any atom is 0.119 e. The second-order valence-electron chi connectivity index (χ2n) is 4.88. The fraction of sp³-hybridized carbons (Fsp3) is 0.235. The lowest BCUT2D eigenvalue weighted by Crippen LogP contribution is -2.06. The Balaban J connectivity index is 2.20. The molecule has 0 heterocycles. The quantitative estimate of drug-likeness (QED) is 0.923. The molecule has 0 spiro atoms. The molecule has 20 heavy (non-hydrogen) atoms. The minimum Gasteiger partial charge on any atom is -0.491 e. The van der Waals surface area contributed by atoms with Crippen LogP contribution in [0.4, 0.5) is 0 Å². The van der Waals surface area contributed by atoms with E-state index in [2.05, 4.69) is 6.07 Å². The molecule has 0 radical (unpaired) electrons. The van der Waals surface area contributed by atoms with Crippen LogP contribution in [0, 0.1) is 11.3 Å². The van der Waals surface area contributed by atoms with Crippen molar-refractivity contribution in [1.82, 2.24) is 0 Å². The van der Waals surface area contributed by atoms with E-state index in [0.29, 0.717) is 11.1 Å². The van der Waals surface area contributed by atoms with Crippen LogP contribution in [0.3, 0.4) is 0 Å². The van der Waals surface area contributed by atoms with Crippen LogP contribution in [0.25, 0.3) is 0 Å². The summed E-state index contributed by atoms with van der Waals surface area (Å²) >= 11 is 0. The molecule has 0 saturated heterocycles. The van der Waals surface area contributed by atoms with Crippen molar-refractivity contribution in [3.63, 3.8) is 0 Å². The minimum absolute atomic E-state index is 0.123. The van der Waals surface area contributed by atoms with Gasteiger partial charge in [-0.3, -0.25) is 0 Å². The van der Waals surface area contributed by atoms with E-state index in [1.54, 1.807) is 18.2 Å². The molecule has 2 aromatic carbocycles. The van der Waals surface area contributed by atoms with E-state index >= 15 is 0 Å². The molecule has 2 aromatic rings. The third kappa shape index (κ3) is 3.37. The van der Waals surface area contributed by atoms with Crippen molar-refractivity contribution in [3.8, 4) is 11.8 Å². The number of aliphatic hydroxyl groups excluding tert-OH is 1. The zero-order valence-electron chi connectivity index (χ0n) is 11.6. The molecule has 0 aromatic heterocycles. The maximum absolute atomic E-state index is 10.3. The maximum atomic E-state index is 10.3. The topological polar surface area (TPSA) is 53.2 Å². The number of benzene rings is 2. The molecular weight excluding hydrogens is 250 g/mol. The highest BCUT2D eigenvalue weighted by molar-refractivity contribution is 5.38. The Bertz CT molecular complexity index is 612. The van der Waals surface area contributed by atoms with Crippen LogP contribution in [0.1, 0.15) is 36.6 Å². The first kappa shape index (κ1) is 14.1. The molecule has 1 unspecified atom stereocenters. The van der Waals surface area contributed by atoms with Gasteiger partial charge >= 0.3 is 0 Å². The van der Waals surface area contributed by atoms with Crippen molar-refractivity contribution in [3.05, 3.63) is 65.2 Å². The highest BCUT2D eigenvalue weighted by atomic mass is 16.5. The van der Waals surface area contributed by atoms with Gasteiger partial charge < -0.3 is 9.84 Å². The van der Waals surface area contributed by atoms with Crippen molar-refractivity contribution in [2.75, 3.05) is 0 Å². The first-order valence-electron chi connectivity index (χ1n) is 6.55. The van der Waals surface area contributed by atoms with Crippen LogP contribution in [0.5, 0.6) is 5.75 Å². The molecule has 1 N–H and O–H groups in total. The van der Waals surface area contributed by atoms with E-state index in [9.17, 15) is 5.11 Å². The molecule has 3 nitrogen and oxygen atoms in total. The molecular formula is C17H17NO2. The predicted octanol–water partition coefficient (Wildman–Crippen LogP) is 3.43. The Kier molecular flexibility index (Phi) is 4.39. The summed E-state index contributed by atoms with van der Waals surface area (Å²) in [6.45, 7) is 3.94. The SMILES string of the molecule is CC(C)Oc1ccc(C(O)c2cccc(C#N)c2)cc1. The molecule has 102 valence electrons. The van der Waals surface area contributed by atoms with Crippen LogP contribution < -0.4 is 4.74 Å². The highest BCUT2D eigenvalue weighted by Crippen LogP contribution is 2.24. The number of nitrogens with zero attached hydrogens (tertiary/aromatic N) is 1. The lowest BCUT2D eigenvalue weighted by Gasteiger charge is -2.14. The fourth-order valence-electron chi connectivity index (χ4n) is 1.97. The van der Waals surface area contributed by atoms with Crippen LogP contribution in [0.2, 0.25) is 0 Å². The van der Waals surface area contributed by atoms with Crippen LogP contribution in [-0.4, -0.2) is 11.2 Å². The number of hydrogen-bond donors (Lipinski definition) is 1. The van der Waals surface area contributed by atoms with Crippen molar-refractivity contribution >= 4 is 0 Å². The average Bonchev–Trinajstić information content (AvgIpc) is 2.47. The van der Waals surface area contributed by atoms with Gasteiger partial charge in [-0.2, -0.15) is 5.26 Å². The Morgan fingerprint density at radius 3 is 2.35 bits per heavy atom. The minimum atomic E-state index is -0.739. The number of ether oxygens (including phenoxy) is 1. The summed E-state index contributed by atoms with van der Waals surface area (Å²) in [7, 11) is 0. The van der Waals surface area contributed by atoms with Crippen LogP contribution >= 0.6 is 0 Å². The Hall–Kier alpha value is -2.31. The summed E-state index contributed by atoms with van der Waals surface area (Å²) in [6.07, 6.45) is -0.616.